The number of hydrogen-bond donors (Lipinski definition) is 3. The lowest BCUT2D eigenvalue weighted by atomic mass is 9.86. The van der Waals surface area contributed by atoms with Gasteiger partial charge in [0.2, 0.25) is 0 Å². The van der Waals surface area contributed by atoms with Crippen LogP contribution < -0.4 is 11.1 Å². The van der Waals surface area contributed by atoms with Gasteiger partial charge in [0.1, 0.15) is 0 Å². The van der Waals surface area contributed by atoms with Crippen molar-refractivity contribution < 1.29 is 9.90 Å². The second-order valence-electron chi connectivity index (χ2n) is 3.78. The third-order valence-electron chi connectivity index (χ3n) is 2.78. The van der Waals surface area contributed by atoms with Crippen LogP contribution >= 0.6 is 0 Å². The van der Waals surface area contributed by atoms with Gasteiger partial charge in [0.15, 0.2) is 0 Å². The zero-order valence-corrected chi connectivity index (χ0v) is 8.31. The molecule has 4 N–H and O–H groups in total. The van der Waals surface area contributed by atoms with E-state index in [0.29, 0.717) is 6.42 Å². The number of carbonyl (C=O) groups excluding carboxylic acids is 1. The Labute approximate surface area is 88.1 Å². The highest BCUT2D eigenvalue weighted by atomic mass is 16.3. The molecule has 2 atom stereocenters. The number of nitrogens with one attached hydrogen (secondary N) is 1. The van der Waals surface area contributed by atoms with Gasteiger partial charge in [-0.15, -0.1) is 0 Å². The van der Waals surface area contributed by atoms with Gasteiger partial charge in [-0.1, -0.05) is 24.3 Å². The molecule has 0 fully saturated rings. The number of fused-ring (bicyclic) bond motifs is 1. The highest BCUT2D eigenvalue weighted by Gasteiger charge is 2.25. The molecule has 0 aromatic heterocycles. The third-order valence-corrected chi connectivity index (χ3v) is 2.78. The van der Waals surface area contributed by atoms with Gasteiger partial charge in [0, 0.05) is 0 Å². The number of urea groups is 1. The van der Waals surface area contributed by atoms with Crippen molar-refractivity contribution in [3.63, 3.8) is 0 Å². The van der Waals surface area contributed by atoms with E-state index < -0.39 is 12.1 Å². The third kappa shape index (κ3) is 1.94. The number of aliphatic hydroxyl groups excluding tert-OH is 1. The van der Waals surface area contributed by atoms with E-state index in [4.69, 9.17) is 5.73 Å². The highest BCUT2D eigenvalue weighted by Crippen LogP contribution is 2.35. The maximum atomic E-state index is 10.8. The van der Waals surface area contributed by atoms with Gasteiger partial charge in [0.25, 0.3) is 0 Å². The number of hydrogen-bond acceptors (Lipinski definition) is 2. The molecule has 0 saturated heterocycles. The number of carbonyl (C=O) groups is 1. The van der Waals surface area contributed by atoms with E-state index in [2.05, 4.69) is 5.32 Å². The van der Waals surface area contributed by atoms with Crippen LogP contribution in [0, 0.1) is 0 Å². The lowest BCUT2D eigenvalue weighted by molar-refractivity contribution is 0.147. The smallest absolute Gasteiger partial charge is 0.312 e. The largest absolute Gasteiger partial charge is 0.388 e. The molecule has 15 heavy (non-hydrogen) atoms. The van der Waals surface area contributed by atoms with Crippen molar-refractivity contribution in [2.45, 2.75) is 25.0 Å². The van der Waals surface area contributed by atoms with Crippen LogP contribution in [0.2, 0.25) is 0 Å². The Morgan fingerprint density at radius 3 is 2.67 bits per heavy atom. The Hall–Kier alpha value is -1.55. The first kappa shape index (κ1) is 9.98. The van der Waals surface area contributed by atoms with Crippen LogP contribution in [0.25, 0.3) is 0 Å². The first-order valence-corrected chi connectivity index (χ1v) is 5.01. The molecule has 1 aliphatic carbocycles. The number of primary amides is 1. The molecule has 0 unspecified atom stereocenters. The van der Waals surface area contributed by atoms with Gasteiger partial charge < -0.3 is 16.2 Å². The summed E-state index contributed by atoms with van der Waals surface area (Å²) in [5.41, 5.74) is 6.96. The van der Waals surface area contributed by atoms with E-state index in [9.17, 15) is 9.90 Å². The van der Waals surface area contributed by atoms with E-state index in [1.165, 1.54) is 0 Å². The first-order valence-electron chi connectivity index (χ1n) is 5.01. The second-order valence-corrected chi connectivity index (χ2v) is 3.78. The predicted molar refractivity (Wildman–Crippen MR) is 56.1 cm³/mol. The Morgan fingerprint density at radius 1 is 1.33 bits per heavy atom. The average molecular weight is 206 g/mol. The molecule has 0 saturated carbocycles. The van der Waals surface area contributed by atoms with Crippen LogP contribution in [0.4, 0.5) is 4.79 Å². The van der Waals surface area contributed by atoms with Crippen LogP contribution in [0.3, 0.4) is 0 Å². The molecule has 4 nitrogen and oxygen atoms in total. The summed E-state index contributed by atoms with van der Waals surface area (Å²) in [7, 11) is 0. The van der Waals surface area contributed by atoms with E-state index >= 15 is 0 Å². The molecule has 0 aliphatic heterocycles. The molecule has 80 valence electrons. The van der Waals surface area contributed by atoms with Crippen molar-refractivity contribution in [3.05, 3.63) is 35.4 Å². The van der Waals surface area contributed by atoms with Crippen LogP contribution in [-0.2, 0) is 0 Å². The van der Waals surface area contributed by atoms with Crippen molar-refractivity contribution in [2.24, 2.45) is 5.73 Å². The lowest BCUT2D eigenvalue weighted by Crippen LogP contribution is -2.35. The monoisotopic (exact) mass is 206 g/mol. The number of rotatable bonds is 1. The van der Waals surface area contributed by atoms with Crippen LogP contribution in [0.5, 0.6) is 0 Å². The molecule has 1 aromatic rings. The summed E-state index contributed by atoms with van der Waals surface area (Å²) >= 11 is 0. The molecule has 0 heterocycles. The van der Waals surface area contributed by atoms with Crippen molar-refractivity contribution in [3.8, 4) is 0 Å². The number of nitrogens with two attached hydrogens (primary N) is 1. The van der Waals surface area contributed by atoms with E-state index in [-0.39, 0.29) is 6.04 Å². The first-order chi connectivity index (χ1) is 7.18. The van der Waals surface area contributed by atoms with Gasteiger partial charge in [-0.05, 0) is 24.0 Å². The second kappa shape index (κ2) is 3.90. The molecule has 0 spiro atoms. The Morgan fingerprint density at radius 2 is 2.00 bits per heavy atom. The standard InChI is InChI=1S/C11H14N2O2/c12-11(15)13-9-5-6-10(14)8-4-2-1-3-7(8)9/h1-4,9-10,14H,5-6H2,(H3,12,13,15)/t9-,10-/m1/s1. The summed E-state index contributed by atoms with van der Waals surface area (Å²) in [6, 6.07) is 6.99. The van der Waals surface area contributed by atoms with Gasteiger partial charge in [0.05, 0.1) is 12.1 Å². The summed E-state index contributed by atoms with van der Waals surface area (Å²) < 4.78 is 0. The van der Waals surface area contributed by atoms with Gasteiger partial charge in [-0.25, -0.2) is 4.79 Å². The summed E-state index contributed by atoms with van der Waals surface area (Å²) in [6.07, 6.45) is 0.954. The van der Waals surface area contributed by atoms with Crippen molar-refractivity contribution in [1.82, 2.24) is 5.32 Å². The van der Waals surface area contributed by atoms with E-state index in [0.717, 1.165) is 17.5 Å². The molecular weight excluding hydrogens is 192 g/mol. The molecule has 2 amide bonds. The Bertz CT molecular complexity index is 379. The minimum absolute atomic E-state index is 0.0675. The fourth-order valence-corrected chi connectivity index (χ4v) is 2.09. The van der Waals surface area contributed by atoms with Crippen LogP contribution in [0.1, 0.15) is 36.1 Å². The molecular formula is C11H14N2O2. The van der Waals surface area contributed by atoms with Crippen molar-refractivity contribution in [2.75, 3.05) is 0 Å². The van der Waals surface area contributed by atoms with E-state index in [1.807, 2.05) is 24.3 Å². The predicted octanol–water partition coefficient (Wildman–Crippen LogP) is 1.22. The van der Waals surface area contributed by atoms with Gasteiger partial charge in [-0.2, -0.15) is 0 Å². The minimum Gasteiger partial charge on any atom is -0.388 e. The molecule has 4 heteroatoms. The Balaban J connectivity index is 2.31. The molecule has 0 radical (unpaired) electrons. The average Bonchev–Trinajstić information content (AvgIpc) is 2.22. The minimum atomic E-state index is -0.522. The topological polar surface area (TPSA) is 75.4 Å². The molecule has 2 rings (SSSR count). The zero-order valence-electron chi connectivity index (χ0n) is 8.31. The van der Waals surface area contributed by atoms with E-state index in [1.54, 1.807) is 0 Å². The SMILES string of the molecule is NC(=O)N[C@@H]1CC[C@@H](O)c2ccccc21. The fourth-order valence-electron chi connectivity index (χ4n) is 2.09. The lowest BCUT2D eigenvalue weighted by Gasteiger charge is -2.28. The Kier molecular flexibility index (Phi) is 2.60. The molecule has 0 bridgehead atoms. The maximum Gasteiger partial charge on any atom is 0.312 e. The number of aliphatic hydroxyl groups is 1. The normalized spacial score (nSPS) is 24.3. The van der Waals surface area contributed by atoms with Gasteiger partial charge in [-0.3, -0.25) is 0 Å². The fraction of sp³-hybridized carbons (Fsp3) is 0.364. The van der Waals surface area contributed by atoms with Crippen molar-refractivity contribution in [1.29, 1.82) is 0 Å². The van der Waals surface area contributed by atoms with Crippen LogP contribution in [0.15, 0.2) is 24.3 Å². The number of amides is 2. The van der Waals surface area contributed by atoms with Crippen LogP contribution in [-0.4, -0.2) is 11.1 Å². The molecule has 1 aromatic carbocycles. The maximum absolute atomic E-state index is 10.8. The molecule has 1 aliphatic rings. The van der Waals surface area contributed by atoms with Gasteiger partial charge >= 0.3 is 6.03 Å². The highest BCUT2D eigenvalue weighted by molar-refractivity contribution is 5.72. The summed E-state index contributed by atoms with van der Waals surface area (Å²) in [4.78, 5) is 10.8. The number of benzene rings is 1. The summed E-state index contributed by atoms with van der Waals surface area (Å²) in [6.45, 7) is 0. The summed E-state index contributed by atoms with van der Waals surface area (Å²) in [5.74, 6) is 0. The zero-order chi connectivity index (χ0) is 10.8. The quantitative estimate of drug-likeness (QED) is 0.646. The van der Waals surface area contributed by atoms with Crippen molar-refractivity contribution >= 4 is 6.03 Å². The summed E-state index contributed by atoms with van der Waals surface area (Å²) in [5, 5.41) is 12.5.